The van der Waals surface area contributed by atoms with Crippen LogP contribution in [0.4, 0.5) is 25.1 Å². The van der Waals surface area contributed by atoms with Gasteiger partial charge in [0.15, 0.2) is 5.82 Å². The highest BCUT2D eigenvalue weighted by Gasteiger charge is 2.35. The Morgan fingerprint density at radius 3 is 2.50 bits per heavy atom. The van der Waals surface area contributed by atoms with Crippen molar-refractivity contribution in [3.63, 3.8) is 0 Å². The van der Waals surface area contributed by atoms with Crippen LogP contribution in [0.3, 0.4) is 0 Å². The smallest absolute Gasteiger partial charge is 0.328 e. The molecule has 0 atom stereocenters. The summed E-state index contributed by atoms with van der Waals surface area (Å²) >= 11 is 0. The number of nitrogens with one attached hydrogen (secondary N) is 2. The number of para-hydroxylation sites is 1. The van der Waals surface area contributed by atoms with Gasteiger partial charge in [-0.05, 0) is 43.2 Å². The van der Waals surface area contributed by atoms with E-state index < -0.39 is 38.3 Å². The van der Waals surface area contributed by atoms with Gasteiger partial charge in [-0.3, -0.25) is 4.79 Å². The van der Waals surface area contributed by atoms with Crippen LogP contribution in [0.25, 0.3) is 11.3 Å². The predicted molar refractivity (Wildman–Crippen MR) is 129 cm³/mol. The van der Waals surface area contributed by atoms with Crippen molar-refractivity contribution in [3.05, 3.63) is 64.7 Å². The van der Waals surface area contributed by atoms with Gasteiger partial charge in [-0.15, -0.1) is 0 Å². The lowest BCUT2D eigenvalue weighted by molar-refractivity contribution is 0.0953. The van der Waals surface area contributed by atoms with E-state index in [0.717, 1.165) is 30.9 Å². The Bertz CT molecular complexity index is 1470. The third kappa shape index (κ3) is 4.63. The Morgan fingerprint density at radius 1 is 1.17 bits per heavy atom. The maximum absolute atomic E-state index is 14.7. The van der Waals surface area contributed by atoms with Gasteiger partial charge in [-0.1, -0.05) is 19.1 Å². The van der Waals surface area contributed by atoms with E-state index in [9.17, 15) is 26.8 Å². The highest BCUT2D eigenvalue weighted by atomic mass is 32.2. The van der Waals surface area contributed by atoms with Crippen LogP contribution < -0.4 is 15.5 Å². The van der Waals surface area contributed by atoms with E-state index in [1.165, 1.54) is 0 Å². The second kappa shape index (κ2) is 9.61. The van der Waals surface area contributed by atoms with Crippen molar-refractivity contribution in [2.75, 3.05) is 17.7 Å². The lowest BCUT2D eigenvalue weighted by atomic mass is 9.97. The molecular formula is C24H23F2N5O4S. The summed E-state index contributed by atoms with van der Waals surface area (Å²) in [5, 5.41) is 4.68. The van der Waals surface area contributed by atoms with E-state index in [-0.39, 0.29) is 29.5 Å². The van der Waals surface area contributed by atoms with E-state index in [4.69, 9.17) is 0 Å². The first kappa shape index (κ1) is 25.2. The zero-order chi connectivity index (χ0) is 26.2. The van der Waals surface area contributed by atoms with E-state index in [0.29, 0.717) is 28.1 Å². The summed E-state index contributed by atoms with van der Waals surface area (Å²) in [6.45, 7) is 4.00. The van der Waals surface area contributed by atoms with Crippen molar-refractivity contribution >= 4 is 33.3 Å². The quantitative estimate of drug-likeness (QED) is 0.484. The largest absolute Gasteiger partial charge is 0.352 e. The van der Waals surface area contributed by atoms with Crippen LogP contribution in [0.15, 0.2) is 41.6 Å². The molecule has 3 amide bonds. The van der Waals surface area contributed by atoms with E-state index >= 15 is 0 Å². The summed E-state index contributed by atoms with van der Waals surface area (Å²) in [6, 6.07) is 7.06. The minimum Gasteiger partial charge on any atom is -0.352 e. The zero-order valence-corrected chi connectivity index (χ0v) is 20.5. The molecule has 1 aliphatic rings. The molecule has 0 unspecified atom stereocenters. The molecule has 0 spiro atoms. The fourth-order valence-corrected chi connectivity index (χ4v) is 4.31. The standard InChI is InChI=1S/C24H23F2N5O4S/c1-4-10-27-22(32)14-9-8-13(2)15(11-14)19-16-12-28-24(33)31(20-17(25)6-5-7-18(20)26)21(16)30-23(29-19)36(3,34)35/h5-9,11H,4,10,12H2,1-3H3,(H,27,32)(H,28,33). The second-order valence-electron chi connectivity index (χ2n) is 8.28. The van der Waals surface area contributed by atoms with Gasteiger partial charge in [-0.2, -0.15) is 4.98 Å². The number of fused-ring (bicyclic) bond motifs is 1. The highest BCUT2D eigenvalue weighted by molar-refractivity contribution is 7.90. The molecular weight excluding hydrogens is 492 g/mol. The first-order valence-electron chi connectivity index (χ1n) is 11.0. The Hall–Kier alpha value is -3.93. The van der Waals surface area contributed by atoms with Gasteiger partial charge >= 0.3 is 6.03 Å². The molecule has 2 N–H and O–H groups in total. The first-order valence-corrected chi connectivity index (χ1v) is 12.9. The van der Waals surface area contributed by atoms with Gasteiger partial charge in [-0.25, -0.2) is 31.9 Å². The molecule has 0 saturated carbocycles. The van der Waals surface area contributed by atoms with E-state index in [1.807, 2.05) is 6.92 Å². The Balaban J connectivity index is 2.00. The molecule has 188 valence electrons. The number of carbonyl (C=O) groups excluding carboxylic acids is 2. The fraction of sp³-hybridized carbons (Fsp3) is 0.250. The normalized spacial score (nSPS) is 13.2. The number of benzene rings is 2. The van der Waals surface area contributed by atoms with Gasteiger partial charge in [0.05, 0.1) is 12.2 Å². The van der Waals surface area contributed by atoms with Crippen molar-refractivity contribution in [2.24, 2.45) is 0 Å². The molecule has 0 aliphatic carbocycles. The molecule has 9 nitrogen and oxygen atoms in total. The Kier molecular flexibility index (Phi) is 6.72. The maximum Gasteiger partial charge on any atom is 0.328 e. The first-order chi connectivity index (χ1) is 17.0. The number of anilines is 2. The number of carbonyl (C=O) groups is 2. The van der Waals surface area contributed by atoms with Gasteiger partial charge in [0.2, 0.25) is 15.0 Å². The average Bonchev–Trinajstić information content (AvgIpc) is 2.82. The molecule has 2 aromatic carbocycles. The number of hydrogen-bond donors (Lipinski definition) is 2. The number of amides is 3. The molecule has 3 aromatic rings. The summed E-state index contributed by atoms with van der Waals surface area (Å²) in [5.41, 5.74) is 1.03. The van der Waals surface area contributed by atoms with E-state index in [2.05, 4.69) is 20.6 Å². The molecule has 0 fully saturated rings. The molecule has 0 saturated heterocycles. The minimum absolute atomic E-state index is 0.116. The van der Waals surface area contributed by atoms with Crippen molar-refractivity contribution in [1.82, 2.24) is 20.6 Å². The van der Waals surface area contributed by atoms with Crippen molar-refractivity contribution < 1.29 is 26.8 Å². The lowest BCUT2D eigenvalue weighted by Gasteiger charge is -2.30. The molecule has 12 heteroatoms. The summed E-state index contributed by atoms with van der Waals surface area (Å²) in [5.74, 6) is -2.67. The summed E-state index contributed by atoms with van der Waals surface area (Å²) in [7, 11) is -4.01. The van der Waals surface area contributed by atoms with Crippen LogP contribution in [-0.2, 0) is 16.4 Å². The number of sulfone groups is 1. The number of aryl methyl sites for hydroxylation is 1. The third-order valence-electron chi connectivity index (χ3n) is 5.58. The monoisotopic (exact) mass is 515 g/mol. The molecule has 0 bridgehead atoms. The Labute approximate surface area is 206 Å². The number of aromatic nitrogens is 2. The number of rotatable bonds is 6. The van der Waals surface area contributed by atoms with Gasteiger partial charge < -0.3 is 10.6 Å². The second-order valence-corrected chi connectivity index (χ2v) is 10.2. The van der Waals surface area contributed by atoms with Crippen LogP contribution in [0.1, 0.15) is 34.8 Å². The number of nitrogens with zero attached hydrogens (tertiary/aromatic N) is 3. The summed E-state index contributed by atoms with van der Waals surface area (Å²) in [6.07, 6.45) is 1.63. The maximum atomic E-state index is 14.7. The topological polar surface area (TPSA) is 121 Å². The van der Waals surface area contributed by atoms with Crippen LogP contribution in [0.5, 0.6) is 0 Å². The summed E-state index contributed by atoms with van der Waals surface area (Å²) < 4.78 is 54.4. The number of urea groups is 1. The van der Waals surface area contributed by atoms with Crippen LogP contribution >= 0.6 is 0 Å². The average molecular weight is 516 g/mol. The van der Waals surface area contributed by atoms with Gasteiger partial charge in [0.25, 0.3) is 5.91 Å². The number of halogens is 2. The molecule has 36 heavy (non-hydrogen) atoms. The molecule has 2 heterocycles. The van der Waals surface area contributed by atoms with Crippen molar-refractivity contribution in [3.8, 4) is 11.3 Å². The summed E-state index contributed by atoms with van der Waals surface area (Å²) in [4.78, 5) is 34.3. The SMILES string of the molecule is CCCNC(=O)c1ccc(C)c(-c2nc(S(C)(=O)=O)nc3c2CNC(=O)N3c2c(F)cccc2F)c1. The molecule has 1 aliphatic heterocycles. The van der Waals surface area contributed by atoms with Gasteiger partial charge in [0.1, 0.15) is 17.3 Å². The number of hydrogen-bond acceptors (Lipinski definition) is 6. The lowest BCUT2D eigenvalue weighted by Crippen LogP contribution is -2.43. The van der Waals surface area contributed by atoms with Crippen LogP contribution in [0.2, 0.25) is 0 Å². The highest BCUT2D eigenvalue weighted by Crippen LogP contribution is 2.39. The van der Waals surface area contributed by atoms with Crippen LogP contribution in [-0.4, -0.2) is 43.1 Å². The minimum atomic E-state index is -4.01. The van der Waals surface area contributed by atoms with Crippen molar-refractivity contribution in [2.45, 2.75) is 32.0 Å². The zero-order valence-electron chi connectivity index (χ0n) is 19.7. The fourth-order valence-electron chi connectivity index (χ4n) is 3.80. The molecule has 4 rings (SSSR count). The predicted octanol–water partition coefficient (Wildman–Crippen LogP) is 3.63. The molecule has 1 aromatic heterocycles. The van der Waals surface area contributed by atoms with Crippen molar-refractivity contribution in [1.29, 1.82) is 0 Å². The Morgan fingerprint density at radius 2 is 1.86 bits per heavy atom. The van der Waals surface area contributed by atoms with Gasteiger partial charge in [0, 0.05) is 29.5 Å². The molecule has 0 radical (unpaired) electrons. The van der Waals surface area contributed by atoms with Crippen LogP contribution in [0, 0.1) is 18.6 Å². The third-order valence-corrected chi connectivity index (χ3v) is 6.43. The van der Waals surface area contributed by atoms with E-state index in [1.54, 1.807) is 25.1 Å².